The van der Waals surface area contributed by atoms with E-state index < -0.39 is 5.60 Å². The largest absolute Gasteiger partial charge is 0.497 e. The van der Waals surface area contributed by atoms with Crippen molar-refractivity contribution in [1.82, 2.24) is 4.90 Å². The van der Waals surface area contributed by atoms with Gasteiger partial charge < -0.3 is 19.5 Å². The molecule has 1 aliphatic carbocycles. The smallest absolute Gasteiger partial charge is 0.254 e. The summed E-state index contributed by atoms with van der Waals surface area (Å²) in [7, 11) is 3.28. The fourth-order valence-electron chi connectivity index (χ4n) is 5.11. The van der Waals surface area contributed by atoms with Crippen LogP contribution in [-0.2, 0) is 0 Å². The first-order chi connectivity index (χ1) is 14.1. The summed E-state index contributed by atoms with van der Waals surface area (Å²) in [6.07, 6.45) is 4.37. The van der Waals surface area contributed by atoms with E-state index in [0.717, 1.165) is 42.7 Å². The molecule has 0 aromatic heterocycles. The molecular formula is C24H29NO4. The third kappa shape index (κ3) is 3.60. The van der Waals surface area contributed by atoms with Gasteiger partial charge in [-0.15, -0.1) is 0 Å². The maximum atomic E-state index is 13.5. The van der Waals surface area contributed by atoms with Gasteiger partial charge >= 0.3 is 0 Å². The Kier molecular flexibility index (Phi) is 5.50. The number of aliphatic hydroxyl groups is 1. The number of nitrogens with zero attached hydrogens (tertiary/aromatic N) is 1. The van der Waals surface area contributed by atoms with Gasteiger partial charge in [0, 0.05) is 23.6 Å². The molecule has 0 radical (unpaired) electrons. The molecule has 5 nitrogen and oxygen atoms in total. The molecule has 1 amide bonds. The average Bonchev–Trinajstić information content (AvgIpc) is 2.77. The van der Waals surface area contributed by atoms with Crippen molar-refractivity contribution >= 4 is 5.91 Å². The minimum atomic E-state index is -0.746. The second-order valence-electron chi connectivity index (χ2n) is 8.12. The molecule has 2 aromatic rings. The normalized spacial score (nSPS) is 26.5. The lowest BCUT2D eigenvalue weighted by Crippen LogP contribution is -2.56. The van der Waals surface area contributed by atoms with Crippen LogP contribution in [0.4, 0.5) is 0 Å². The molecule has 0 unspecified atom stereocenters. The summed E-state index contributed by atoms with van der Waals surface area (Å²) in [6.45, 7) is 0.520. The summed E-state index contributed by atoms with van der Waals surface area (Å²) in [5.41, 5.74) is 0.826. The molecule has 1 aliphatic heterocycles. The minimum absolute atomic E-state index is 0.00639. The minimum Gasteiger partial charge on any atom is -0.497 e. The monoisotopic (exact) mass is 395 g/mol. The summed E-state index contributed by atoms with van der Waals surface area (Å²) in [6, 6.07) is 14.8. The quantitative estimate of drug-likeness (QED) is 0.842. The number of rotatable bonds is 4. The van der Waals surface area contributed by atoms with Crippen LogP contribution in [0.1, 0.15) is 54.1 Å². The van der Waals surface area contributed by atoms with Gasteiger partial charge in [0.1, 0.15) is 11.5 Å². The molecule has 154 valence electrons. The Morgan fingerprint density at radius 3 is 2.59 bits per heavy atom. The van der Waals surface area contributed by atoms with Gasteiger partial charge in [-0.05, 0) is 49.6 Å². The van der Waals surface area contributed by atoms with E-state index in [4.69, 9.17) is 9.47 Å². The standard InChI is InChI=1S/C24H29NO4/c1-28-18-11-12-21(29-2)19(16-18)22-20-10-6-7-13-24(20,27)14-15-25(22)23(26)17-8-4-3-5-9-17/h3-5,8-9,11-12,16,20,22,27H,6-7,10,13-15H2,1-2H3/t20-,22-,24+/m1/s1. The molecule has 0 spiro atoms. The van der Waals surface area contributed by atoms with Gasteiger partial charge in [-0.2, -0.15) is 0 Å². The number of fused-ring (bicyclic) bond motifs is 1. The van der Waals surface area contributed by atoms with E-state index in [2.05, 4.69) is 0 Å². The van der Waals surface area contributed by atoms with Gasteiger partial charge in [0.2, 0.25) is 0 Å². The molecule has 1 saturated carbocycles. The lowest BCUT2D eigenvalue weighted by molar-refractivity contribution is -0.115. The van der Waals surface area contributed by atoms with E-state index in [9.17, 15) is 9.90 Å². The number of hydrogen-bond acceptors (Lipinski definition) is 4. The van der Waals surface area contributed by atoms with Crippen molar-refractivity contribution in [3.8, 4) is 11.5 Å². The van der Waals surface area contributed by atoms with Crippen LogP contribution >= 0.6 is 0 Å². The Labute approximate surface area is 172 Å². The van der Waals surface area contributed by atoms with Crippen molar-refractivity contribution in [1.29, 1.82) is 0 Å². The predicted octanol–water partition coefficient (Wildman–Crippen LogP) is 4.21. The van der Waals surface area contributed by atoms with Gasteiger partial charge in [-0.3, -0.25) is 4.79 Å². The molecule has 4 rings (SSSR count). The van der Waals surface area contributed by atoms with Crippen LogP contribution in [0.5, 0.6) is 11.5 Å². The lowest BCUT2D eigenvalue weighted by Gasteiger charge is -2.52. The van der Waals surface area contributed by atoms with Crippen molar-refractivity contribution in [2.45, 2.75) is 43.7 Å². The summed E-state index contributed by atoms with van der Waals surface area (Å²) in [5.74, 6) is 1.40. The molecule has 1 heterocycles. The first kappa shape index (κ1) is 19.8. The second-order valence-corrected chi connectivity index (χ2v) is 8.12. The van der Waals surface area contributed by atoms with Gasteiger partial charge in [0.15, 0.2) is 0 Å². The highest BCUT2D eigenvalue weighted by atomic mass is 16.5. The number of ether oxygens (including phenoxy) is 2. The fraction of sp³-hybridized carbons (Fsp3) is 0.458. The first-order valence-corrected chi connectivity index (χ1v) is 10.4. The molecule has 2 aromatic carbocycles. The zero-order valence-corrected chi connectivity index (χ0v) is 17.1. The molecule has 2 fully saturated rings. The molecule has 0 bridgehead atoms. The number of carbonyl (C=O) groups is 1. The van der Waals surface area contributed by atoms with Crippen LogP contribution in [0.2, 0.25) is 0 Å². The van der Waals surface area contributed by atoms with Crippen LogP contribution in [0.3, 0.4) is 0 Å². The molecular weight excluding hydrogens is 366 g/mol. The number of benzene rings is 2. The number of carbonyl (C=O) groups excluding carboxylic acids is 1. The Bertz CT molecular complexity index is 868. The molecule has 1 N–H and O–H groups in total. The Hall–Kier alpha value is -2.53. The van der Waals surface area contributed by atoms with Crippen molar-refractivity contribution in [2.24, 2.45) is 5.92 Å². The van der Waals surface area contributed by atoms with Crippen molar-refractivity contribution in [2.75, 3.05) is 20.8 Å². The van der Waals surface area contributed by atoms with Crippen molar-refractivity contribution < 1.29 is 19.4 Å². The topological polar surface area (TPSA) is 59.0 Å². The van der Waals surface area contributed by atoms with Gasteiger partial charge in [0.25, 0.3) is 5.91 Å². The maximum Gasteiger partial charge on any atom is 0.254 e. The third-order valence-electron chi connectivity index (χ3n) is 6.60. The zero-order chi connectivity index (χ0) is 20.4. The second kappa shape index (κ2) is 8.07. The summed E-state index contributed by atoms with van der Waals surface area (Å²) >= 11 is 0. The molecule has 29 heavy (non-hydrogen) atoms. The lowest BCUT2D eigenvalue weighted by atomic mass is 9.66. The van der Waals surface area contributed by atoms with E-state index in [0.29, 0.717) is 18.5 Å². The highest BCUT2D eigenvalue weighted by molar-refractivity contribution is 5.94. The van der Waals surface area contributed by atoms with E-state index in [1.165, 1.54) is 0 Å². The zero-order valence-electron chi connectivity index (χ0n) is 17.1. The summed E-state index contributed by atoms with van der Waals surface area (Å²) in [4.78, 5) is 15.4. The molecule has 2 aliphatic rings. The van der Waals surface area contributed by atoms with Crippen LogP contribution in [0.15, 0.2) is 48.5 Å². The van der Waals surface area contributed by atoms with E-state index in [1.807, 2.05) is 53.4 Å². The van der Waals surface area contributed by atoms with Crippen molar-refractivity contribution in [3.63, 3.8) is 0 Å². The van der Waals surface area contributed by atoms with E-state index in [1.54, 1.807) is 14.2 Å². The Balaban J connectivity index is 1.82. The molecule has 5 heteroatoms. The van der Waals surface area contributed by atoms with Gasteiger partial charge in [-0.1, -0.05) is 31.0 Å². The third-order valence-corrected chi connectivity index (χ3v) is 6.60. The SMILES string of the molecule is COc1ccc(OC)c([C@@H]2[C@H]3CCCC[C@]3(O)CCN2C(=O)c2ccccc2)c1. The maximum absolute atomic E-state index is 13.5. The number of amides is 1. The van der Waals surface area contributed by atoms with Gasteiger partial charge in [0.05, 0.1) is 25.9 Å². The predicted molar refractivity (Wildman–Crippen MR) is 111 cm³/mol. The summed E-state index contributed by atoms with van der Waals surface area (Å²) in [5, 5.41) is 11.5. The van der Waals surface area contributed by atoms with Crippen LogP contribution in [-0.4, -0.2) is 42.3 Å². The number of piperidine rings is 1. The average molecular weight is 395 g/mol. The van der Waals surface area contributed by atoms with Gasteiger partial charge in [-0.25, -0.2) is 0 Å². The summed E-state index contributed by atoms with van der Waals surface area (Å²) < 4.78 is 11.1. The van der Waals surface area contributed by atoms with E-state index >= 15 is 0 Å². The first-order valence-electron chi connectivity index (χ1n) is 10.4. The van der Waals surface area contributed by atoms with E-state index in [-0.39, 0.29) is 17.9 Å². The number of likely N-dealkylation sites (tertiary alicyclic amines) is 1. The highest BCUT2D eigenvalue weighted by Crippen LogP contribution is 2.51. The van der Waals surface area contributed by atoms with Crippen LogP contribution < -0.4 is 9.47 Å². The Morgan fingerprint density at radius 2 is 1.86 bits per heavy atom. The fourth-order valence-corrected chi connectivity index (χ4v) is 5.11. The highest BCUT2D eigenvalue weighted by Gasteiger charge is 2.51. The number of hydrogen-bond donors (Lipinski definition) is 1. The number of methoxy groups -OCH3 is 2. The Morgan fingerprint density at radius 1 is 1.07 bits per heavy atom. The van der Waals surface area contributed by atoms with Crippen LogP contribution in [0.25, 0.3) is 0 Å². The molecule has 3 atom stereocenters. The van der Waals surface area contributed by atoms with Crippen molar-refractivity contribution in [3.05, 3.63) is 59.7 Å². The molecule has 1 saturated heterocycles. The van der Waals surface area contributed by atoms with Crippen LogP contribution in [0, 0.1) is 5.92 Å².